The predicted molar refractivity (Wildman–Crippen MR) is 96.6 cm³/mol. The summed E-state index contributed by atoms with van der Waals surface area (Å²) in [6.45, 7) is 2.74. The van der Waals surface area contributed by atoms with Gasteiger partial charge in [0.15, 0.2) is 5.82 Å². The Morgan fingerprint density at radius 3 is 2.75 bits per heavy atom. The van der Waals surface area contributed by atoms with Crippen molar-refractivity contribution >= 4 is 22.3 Å². The van der Waals surface area contributed by atoms with Gasteiger partial charge in [-0.05, 0) is 44.0 Å². The van der Waals surface area contributed by atoms with Crippen molar-refractivity contribution in [2.24, 2.45) is 5.10 Å². The lowest BCUT2D eigenvalue weighted by Gasteiger charge is -2.19. The average molecular weight is 318 g/mol. The van der Waals surface area contributed by atoms with Crippen LogP contribution in [-0.2, 0) is 6.54 Å². The number of anilines is 1. The third-order valence-electron chi connectivity index (χ3n) is 4.29. The Kier molecular flexibility index (Phi) is 3.61. The van der Waals surface area contributed by atoms with Crippen molar-refractivity contribution in [3.8, 4) is 0 Å². The number of hydrogen-bond donors (Lipinski definition) is 1. The van der Waals surface area contributed by atoms with Gasteiger partial charge >= 0.3 is 0 Å². The molecule has 0 unspecified atom stereocenters. The molecule has 1 aliphatic heterocycles. The first-order chi connectivity index (χ1) is 11.7. The fourth-order valence-electron chi connectivity index (χ4n) is 2.98. The smallest absolute Gasteiger partial charge is 0.261 e. The van der Waals surface area contributed by atoms with E-state index in [2.05, 4.69) is 22.4 Å². The van der Waals surface area contributed by atoms with Gasteiger partial charge in [0.05, 0.1) is 16.6 Å². The molecule has 0 bridgehead atoms. The molecule has 120 valence electrons. The SMILES string of the molecule is Cc1ccc(N/N=C2/CCCn3c2nc2ccccc2c3=O)cc1. The van der Waals surface area contributed by atoms with Crippen LogP contribution in [0.3, 0.4) is 0 Å². The lowest BCUT2D eigenvalue weighted by atomic mass is 10.1. The van der Waals surface area contributed by atoms with E-state index in [4.69, 9.17) is 0 Å². The molecule has 2 aromatic carbocycles. The van der Waals surface area contributed by atoms with E-state index in [1.54, 1.807) is 4.57 Å². The number of para-hydroxylation sites is 1. The number of fused-ring (bicyclic) bond motifs is 2. The van der Waals surface area contributed by atoms with Crippen LogP contribution in [0.5, 0.6) is 0 Å². The Balaban J connectivity index is 1.76. The van der Waals surface area contributed by atoms with E-state index in [0.717, 1.165) is 29.8 Å². The molecule has 2 heterocycles. The summed E-state index contributed by atoms with van der Waals surface area (Å²) in [7, 11) is 0. The molecule has 0 radical (unpaired) electrons. The Morgan fingerprint density at radius 2 is 1.92 bits per heavy atom. The third kappa shape index (κ3) is 2.58. The predicted octanol–water partition coefficient (Wildman–Crippen LogP) is 3.31. The summed E-state index contributed by atoms with van der Waals surface area (Å²) in [6.07, 6.45) is 1.70. The second kappa shape index (κ2) is 5.92. The molecule has 0 saturated carbocycles. The minimum Gasteiger partial charge on any atom is -0.291 e. The normalized spacial score (nSPS) is 15.5. The monoisotopic (exact) mass is 318 g/mol. The number of nitrogens with one attached hydrogen (secondary N) is 1. The van der Waals surface area contributed by atoms with Gasteiger partial charge in [0.25, 0.3) is 5.56 Å². The van der Waals surface area contributed by atoms with Gasteiger partial charge in [-0.1, -0.05) is 29.8 Å². The molecular weight excluding hydrogens is 300 g/mol. The van der Waals surface area contributed by atoms with Crippen molar-refractivity contribution in [2.75, 3.05) is 5.43 Å². The Hall–Kier alpha value is -2.95. The number of hydrogen-bond acceptors (Lipinski definition) is 4. The van der Waals surface area contributed by atoms with Crippen molar-refractivity contribution in [3.05, 3.63) is 70.3 Å². The van der Waals surface area contributed by atoms with Crippen molar-refractivity contribution in [1.82, 2.24) is 9.55 Å². The van der Waals surface area contributed by atoms with Gasteiger partial charge in [0.1, 0.15) is 5.71 Å². The summed E-state index contributed by atoms with van der Waals surface area (Å²) in [5.41, 5.74) is 6.77. The van der Waals surface area contributed by atoms with E-state index < -0.39 is 0 Å². The van der Waals surface area contributed by atoms with Crippen LogP contribution >= 0.6 is 0 Å². The number of aryl methyl sites for hydroxylation is 1. The molecule has 0 fully saturated rings. The molecule has 0 aliphatic carbocycles. The summed E-state index contributed by atoms with van der Waals surface area (Å²) in [4.78, 5) is 17.4. The maximum Gasteiger partial charge on any atom is 0.261 e. The van der Waals surface area contributed by atoms with Crippen LogP contribution in [-0.4, -0.2) is 15.3 Å². The third-order valence-corrected chi connectivity index (χ3v) is 4.29. The average Bonchev–Trinajstić information content (AvgIpc) is 2.62. The van der Waals surface area contributed by atoms with Crippen LogP contribution in [0.1, 0.15) is 24.2 Å². The molecule has 3 aromatic rings. The number of nitrogens with zero attached hydrogens (tertiary/aromatic N) is 3. The largest absolute Gasteiger partial charge is 0.291 e. The number of hydrazone groups is 1. The summed E-state index contributed by atoms with van der Waals surface area (Å²) in [5, 5.41) is 5.18. The lowest BCUT2D eigenvalue weighted by molar-refractivity contribution is 0.597. The number of aromatic nitrogens is 2. The van der Waals surface area contributed by atoms with Gasteiger partial charge in [-0.3, -0.25) is 14.8 Å². The van der Waals surface area contributed by atoms with E-state index in [9.17, 15) is 4.79 Å². The van der Waals surface area contributed by atoms with E-state index in [1.807, 2.05) is 48.5 Å². The molecule has 5 heteroatoms. The van der Waals surface area contributed by atoms with Crippen LogP contribution in [0.2, 0.25) is 0 Å². The van der Waals surface area contributed by atoms with Gasteiger partial charge in [-0.15, -0.1) is 0 Å². The minimum atomic E-state index is 0.0123. The highest BCUT2D eigenvalue weighted by Gasteiger charge is 2.20. The Morgan fingerprint density at radius 1 is 1.12 bits per heavy atom. The summed E-state index contributed by atoms with van der Waals surface area (Å²) in [5.74, 6) is 0.671. The molecule has 4 rings (SSSR count). The molecule has 24 heavy (non-hydrogen) atoms. The van der Waals surface area contributed by atoms with E-state index >= 15 is 0 Å². The van der Waals surface area contributed by atoms with Crippen LogP contribution in [0.25, 0.3) is 10.9 Å². The quantitative estimate of drug-likeness (QED) is 0.737. The zero-order valence-electron chi connectivity index (χ0n) is 13.5. The first-order valence-corrected chi connectivity index (χ1v) is 8.11. The van der Waals surface area contributed by atoms with E-state index in [1.165, 1.54) is 5.56 Å². The van der Waals surface area contributed by atoms with Gasteiger partial charge < -0.3 is 0 Å². The number of rotatable bonds is 2. The van der Waals surface area contributed by atoms with E-state index in [0.29, 0.717) is 17.8 Å². The highest BCUT2D eigenvalue weighted by atomic mass is 16.1. The zero-order chi connectivity index (χ0) is 16.5. The fraction of sp³-hybridized carbons (Fsp3) is 0.211. The topological polar surface area (TPSA) is 59.3 Å². The zero-order valence-corrected chi connectivity index (χ0v) is 13.5. The molecule has 0 atom stereocenters. The maximum atomic E-state index is 12.7. The fourth-order valence-corrected chi connectivity index (χ4v) is 2.98. The summed E-state index contributed by atoms with van der Waals surface area (Å²) in [6, 6.07) is 15.5. The molecule has 1 N–H and O–H groups in total. The van der Waals surface area contributed by atoms with Gasteiger partial charge in [0, 0.05) is 6.54 Å². The van der Waals surface area contributed by atoms with Gasteiger partial charge in [0.2, 0.25) is 0 Å². The van der Waals surface area contributed by atoms with Crippen molar-refractivity contribution in [2.45, 2.75) is 26.3 Å². The first kappa shape index (κ1) is 14.6. The molecule has 5 nitrogen and oxygen atoms in total. The molecule has 1 aromatic heterocycles. The van der Waals surface area contributed by atoms with Crippen molar-refractivity contribution in [3.63, 3.8) is 0 Å². The highest BCUT2D eigenvalue weighted by Crippen LogP contribution is 2.16. The van der Waals surface area contributed by atoms with Crippen LogP contribution < -0.4 is 11.0 Å². The van der Waals surface area contributed by atoms with Gasteiger partial charge in [-0.25, -0.2) is 4.98 Å². The Labute approximate surface area is 139 Å². The van der Waals surface area contributed by atoms with Crippen molar-refractivity contribution in [1.29, 1.82) is 0 Å². The molecular formula is C19H18N4O. The molecule has 1 aliphatic rings. The second-order valence-electron chi connectivity index (χ2n) is 6.05. The second-order valence-corrected chi connectivity index (χ2v) is 6.05. The lowest BCUT2D eigenvalue weighted by Crippen LogP contribution is -2.32. The maximum absolute atomic E-state index is 12.7. The van der Waals surface area contributed by atoms with Crippen LogP contribution in [0.15, 0.2) is 58.4 Å². The van der Waals surface area contributed by atoms with E-state index in [-0.39, 0.29) is 5.56 Å². The van der Waals surface area contributed by atoms with Crippen molar-refractivity contribution < 1.29 is 0 Å². The summed E-state index contributed by atoms with van der Waals surface area (Å²) < 4.78 is 1.74. The van der Waals surface area contributed by atoms with Gasteiger partial charge in [-0.2, -0.15) is 5.10 Å². The minimum absolute atomic E-state index is 0.0123. The standard InChI is InChI=1S/C19H18N4O/c1-13-8-10-14(11-9-13)21-22-17-7-4-12-23-18(17)20-16-6-3-2-5-15(16)19(23)24/h2-3,5-6,8-11,21H,4,7,12H2,1H3/b22-17-. The molecule has 0 saturated heterocycles. The summed E-state index contributed by atoms with van der Waals surface area (Å²) >= 11 is 0. The Bertz CT molecular complexity index is 986. The van der Waals surface area contributed by atoms with Crippen LogP contribution in [0.4, 0.5) is 5.69 Å². The number of benzene rings is 2. The molecule has 0 amide bonds. The molecule has 0 spiro atoms. The highest BCUT2D eigenvalue weighted by molar-refractivity contribution is 5.99. The van der Waals surface area contributed by atoms with Crippen LogP contribution in [0, 0.1) is 6.92 Å². The first-order valence-electron chi connectivity index (χ1n) is 8.11.